The molecule has 1 aliphatic rings. The number of nitrogens with one attached hydrogen (secondary N) is 2. The molecule has 1 fully saturated rings. The van der Waals surface area contributed by atoms with Crippen molar-refractivity contribution in [3.05, 3.63) is 40.5 Å². The van der Waals surface area contributed by atoms with Crippen LogP contribution in [0.25, 0.3) is 4.83 Å². The van der Waals surface area contributed by atoms with E-state index in [-0.39, 0.29) is 12.4 Å². The van der Waals surface area contributed by atoms with Crippen LogP contribution in [0.5, 0.6) is 5.75 Å². The van der Waals surface area contributed by atoms with Crippen molar-refractivity contribution in [3.8, 4) is 5.75 Å². The van der Waals surface area contributed by atoms with Crippen LogP contribution in [-0.4, -0.2) is 29.6 Å². The van der Waals surface area contributed by atoms with Crippen LogP contribution in [0.1, 0.15) is 35.0 Å². The number of halogens is 1. The molecule has 7 heteroatoms. The van der Waals surface area contributed by atoms with Crippen LogP contribution in [0.15, 0.2) is 24.3 Å². The second-order valence-electron chi connectivity index (χ2n) is 6.59. The van der Waals surface area contributed by atoms with Crippen molar-refractivity contribution < 1.29 is 4.74 Å². The molecule has 26 heavy (non-hydrogen) atoms. The maximum absolute atomic E-state index is 5.34. The Bertz CT molecular complexity index is 898. The molecule has 1 aliphatic heterocycles. The highest BCUT2D eigenvalue weighted by molar-refractivity contribution is 7.17. The lowest BCUT2D eigenvalue weighted by molar-refractivity contribution is 0.415. The third-order valence-corrected chi connectivity index (χ3v) is 6.19. The van der Waals surface area contributed by atoms with Gasteiger partial charge in [-0.2, -0.15) is 0 Å². The molecule has 2 N–H and O–H groups in total. The maximum atomic E-state index is 5.34. The quantitative estimate of drug-likeness (QED) is 0.678. The molecule has 0 atom stereocenters. The molecule has 140 valence electrons. The Hall–Kier alpha value is -1.76. The van der Waals surface area contributed by atoms with Crippen LogP contribution in [0.4, 0.5) is 11.6 Å². The van der Waals surface area contributed by atoms with Crippen molar-refractivity contribution in [1.29, 1.82) is 0 Å². The number of rotatable bonds is 4. The fraction of sp³-hybridized carbons (Fsp3) is 0.421. The Balaban J connectivity index is 0.00000196. The summed E-state index contributed by atoms with van der Waals surface area (Å²) in [6, 6.07) is 7.99. The third kappa shape index (κ3) is 3.41. The van der Waals surface area contributed by atoms with Crippen molar-refractivity contribution >= 4 is 40.2 Å². The van der Waals surface area contributed by atoms with E-state index in [1.807, 2.05) is 35.6 Å². The Morgan fingerprint density at radius 2 is 2.04 bits per heavy atom. The van der Waals surface area contributed by atoms with Gasteiger partial charge < -0.3 is 15.4 Å². The molecule has 0 unspecified atom stereocenters. The van der Waals surface area contributed by atoms with Gasteiger partial charge in [-0.15, -0.1) is 23.7 Å². The zero-order valence-electron chi connectivity index (χ0n) is 15.3. The summed E-state index contributed by atoms with van der Waals surface area (Å²) in [5, 5.41) is 6.95. The second-order valence-corrected chi connectivity index (χ2v) is 7.79. The summed E-state index contributed by atoms with van der Waals surface area (Å²) in [4.78, 5) is 7.65. The molecule has 4 rings (SSSR count). The zero-order valence-corrected chi connectivity index (χ0v) is 17.0. The normalized spacial score (nSPS) is 15.0. The zero-order chi connectivity index (χ0) is 17.4. The lowest BCUT2D eigenvalue weighted by Crippen LogP contribution is -2.26. The number of benzene rings is 1. The number of hydrogen-bond acceptors (Lipinski definition) is 5. The van der Waals surface area contributed by atoms with E-state index >= 15 is 0 Å². The summed E-state index contributed by atoms with van der Waals surface area (Å²) < 4.78 is 7.61. The van der Waals surface area contributed by atoms with Crippen molar-refractivity contribution in [1.82, 2.24) is 14.7 Å². The molecular formula is C19H25ClN4OS. The molecule has 3 heterocycles. The van der Waals surface area contributed by atoms with Crippen molar-refractivity contribution in [3.63, 3.8) is 0 Å². The summed E-state index contributed by atoms with van der Waals surface area (Å²) in [5.74, 6) is 2.28. The SMILES string of the molecule is COc1cccc(Nc2nc(C3CCNCC3)c3sc(C)c(C)n23)c1.Cl. The predicted molar refractivity (Wildman–Crippen MR) is 111 cm³/mol. The Morgan fingerprint density at radius 1 is 1.27 bits per heavy atom. The Morgan fingerprint density at radius 3 is 2.77 bits per heavy atom. The van der Waals surface area contributed by atoms with Crippen molar-refractivity contribution in [2.24, 2.45) is 0 Å². The smallest absolute Gasteiger partial charge is 0.213 e. The number of aromatic nitrogens is 2. The minimum absolute atomic E-state index is 0. The summed E-state index contributed by atoms with van der Waals surface area (Å²) in [6.45, 7) is 6.51. The number of hydrogen-bond donors (Lipinski definition) is 2. The van der Waals surface area contributed by atoms with E-state index in [9.17, 15) is 0 Å². The van der Waals surface area contributed by atoms with Gasteiger partial charge in [0.05, 0.1) is 12.8 Å². The molecule has 0 amide bonds. The molecule has 3 aromatic rings. The number of methoxy groups -OCH3 is 1. The van der Waals surface area contributed by atoms with E-state index in [0.29, 0.717) is 5.92 Å². The van der Waals surface area contributed by atoms with Crippen molar-refractivity contribution in [2.75, 3.05) is 25.5 Å². The summed E-state index contributed by atoms with van der Waals surface area (Å²) in [5.41, 5.74) is 3.50. The van der Waals surface area contributed by atoms with E-state index in [2.05, 4.69) is 28.9 Å². The fourth-order valence-corrected chi connectivity index (χ4v) is 4.64. The lowest BCUT2D eigenvalue weighted by Gasteiger charge is -2.20. The number of fused-ring (bicyclic) bond motifs is 1. The number of anilines is 2. The average molecular weight is 393 g/mol. The van der Waals surface area contributed by atoms with Gasteiger partial charge in [-0.05, 0) is 51.9 Å². The highest BCUT2D eigenvalue weighted by Crippen LogP contribution is 2.36. The lowest BCUT2D eigenvalue weighted by atomic mass is 9.95. The van der Waals surface area contributed by atoms with Crippen LogP contribution >= 0.6 is 23.7 Å². The molecule has 0 radical (unpaired) electrons. The summed E-state index contributed by atoms with van der Waals surface area (Å²) in [6.07, 6.45) is 2.31. The Labute approximate surface area is 164 Å². The average Bonchev–Trinajstić information content (AvgIpc) is 3.13. The highest BCUT2D eigenvalue weighted by Gasteiger charge is 2.25. The van der Waals surface area contributed by atoms with Crippen LogP contribution < -0.4 is 15.4 Å². The number of imidazole rings is 1. The topological polar surface area (TPSA) is 50.6 Å². The first-order valence-electron chi connectivity index (χ1n) is 8.77. The highest BCUT2D eigenvalue weighted by atomic mass is 35.5. The van der Waals surface area contributed by atoms with Crippen LogP contribution in [-0.2, 0) is 0 Å². The first-order valence-corrected chi connectivity index (χ1v) is 9.59. The minimum Gasteiger partial charge on any atom is -0.497 e. The summed E-state index contributed by atoms with van der Waals surface area (Å²) >= 11 is 1.85. The number of aryl methyl sites for hydroxylation is 2. The van der Waals surface area contributed by atoms with Crippen LogP contribution in [0, 0.1) is 13.8 Å². The predicted octanol–water partition coefficient (Wildman–Crippen LogP) is 4.65. The molecule has 1 aromatic carbocycles. The van der Waals surface area contributed by atoms with Gasteiger partial charge in [0.15, 0.2) is 0 Å². The molecule has 0 bridgehead atoms. The van der Waals surface area contributed by atoms with Gasteiger partial charge in [0.25, 0.3) is 0 Å². The van der Waals surface area contributed by atoms with Gasteiger partial charge in [0, 0.05) is 28.2 Å². The number of thiazole rings is 1. The van der Waals surface area contributed by atoms with E-state index in [1.54, 1.807) is 7.11 Å². The largest absolute Gasteiger partial charge is 0.497 e. The van der Waals surface area contributed by atoms with E-state index < -0.39 is 0 Å². The molecule has 1 saturated heterocycles. The van der Waals surface area contributed by atoms with Crippen LogP contribution in [0.2, 0.25) is 0 Å². The van der Waals surface area contributed by atoms with Crippen molar-refractivity contribution in [2.45, 2.75) is 32.6 Å². The first kappa shape index (κ1) is 19.0. The number of piperidine rings is 1. The number of nitrogens with zero attached hydrogens (tertiary/aromatic N) is 2. The van der Waals surface area contributed by atoms with Gasteiger partial charge in [0.2, 0.25) is 5.95 Å². The maximum Gasteiger partial charge on any atom is 0.213 e. The molecule has 0 saturated carbocycles. The second kappa shape index (κ2) is 7.86. The standard InChI is InChI=1S/C19H24N4OS.ClH/c1-12-13(2)25-18-17(14-7-9-20-10-8-14)22-19(23(12)18)21-15-5-4-6-16(11-15)24-3;/h4-6,11,14,20H,7-10H2,1-3H3,(H,21,22);1H. The van der Waals surface area contributed by atoms with E-state index in [4.69, 9.17) is 9.72 Å². The fourth-order valence-electron chi connectivity index (χ4n) is 3.48. The van der Waals surface area contributed by atoms with E-state index in [1.165, 1.54) is 21.1 Å². The monoisotopic (exact) mass is 392 g/mol. The number of ether oxygens (including phenoxy) is 1. The molecule has 0 aliphatic carbocycles. The Kier molecular flexibility index (Phi) is 5.75. The van der Waals surface area contributed by atoms with Gasteiger partial charge in [-0.1, -0.05) is 6.07 Å². The minimum atomic E-state index is 0. The molecule has 5 nitrogen and oxygen atoms in total. The van der Waals surface area contributed by atoms with E-state index in [0.717, 1.165) is 43.3 Å². The van der Waals surface area contributed by atoms with Crippen LogP contribution in [0.3, 0.4) is 0 Å². The van der Waals surface area contributed by atoms with Gasteiger partial charge in [0.1, 0.15) is 10.6 Å². The molecule has 2 aromatic heterocycles. The third-order valence-electron chi connectivity index (χ3n) is 5.01. The van der Waals surface area contributed by atoms with Gasteiger partial charge in [-0.25, -0.2) is 4.98 Å². The molecule has 0 spiro atoms. The van der Waals surface area contributed by atoms with Gasteiger partial charge >= 0.3 is 0 Å². The molecular weight excluding hydrogens is 368 g/mol. The van der Waals surface area contributed by atoms with Gasteiger partial charge in [-0.3, -0.25) is 4.40 Å². The summed E-state index contributed by atoms with van der Waals surface area (Å²) in [7, 11) is 1.69. The first-order chi connectivity index (χ1) is 12.2.